The maximum Gasteiger partial charge on any atom is 0.267 e. The topological polar surface area (TPSA) is 115 Å². The summed E-state index contributed by atoms with van der Waals surface area (Å²) in [6, 6.07) is 6.08. The number of carbonyl (C=O) groups excluding carboxylic acids is 1. The lowest BCUT2D eigenvalue weighted by Gasteiger charge is -2.10. The van der Waals surface area contributed by atoms with Crippen LogP contribution in [-0.4, -0.2) is 19.5 Å². The van der Waals surface area contributed by atoms with Crippen molar-refractivity contribution in [2.45, 2.75) is 18.7 Å². The number of nitrogens with zero attached hydrogens (tertiary/aromatic N) is 1. The first-order valence-electron chi connectivity index (χ1n) is 5.67. The summed E-state index contributed by atoms with van der Waals surface area (Å²) in [6.45, 7) is 3.01. The Labute approximate surface area is 115 Å². The van der Waals surface area contributed by atoms with Gasteiger partial charge in [-0.05, 0) is 26.0 Å². The molecular weight excluding hydrogens is 282 g/mol. The summed E-state index contributed by atoms with van der Waals surface area (Å²) in [7, 11) is -3.90. The van der Waals surface area contributed by atoms with Crippen LogP contribution < -0.4 is 10.5 Å². The third-order valence-electron chi connectivity index (χ3n) is 2.67. The molecule has 0 saturated carbocycles. The molecule has 0 radical (unpaired) electrons. The van der Waals surface area contributed by atoms with E-state index in [0.717, 1.165) is 0 Å². The first kappa shape index (κ1) is 14.1. The van der Waals surface area contributed by atoms with Crippen molar-refractivity contribution < 1.29 is 17.7 Å². The number of para-hydroxylation sites is 1. The standard InChI is InChI=1S/C12H13N3O4S/c1-7-11(8(2)19-14-7)20(17,18)15-10-6-4-3-5-9(10)12(13)16/h3-6,15H,1-2H3,(H2,13,16). The van der Waals surface area contributed by atoms with Crippen LogP contribution in [0.4, 0.5) is 5.69 Å². The lowest BCUT2D eigenvalue weighted by Crippen LogP contribution is -2.19. The summed E-state index contributed by atoms with van der Waals surface area (Å²) in [4.78, 5) is 11.2. The number of nitrogens with two attached hydrogens (primary N) is 1. The molecule has 20 heavy (non-hydrogen) atoms. The molecule has 8 heteroatoms. The van der Waals surface area contributed by atoms with E-state index in [1.54, 1.807) is 12.1 Å². The van der Waals surface area contributed by atoms with E-state index in [4.69, 9.17) is 10.3 Å². The molecule has 0 fully saturated rings. The second-order valence-electron chi connectivity index (χ2n) is 4.17. The molecule has 0 bridgehead atoms. The van der Waals surface area contributed by atoms with Crippen LogP contribution in [0.25, 0.3) is 0 Å². The maximum absolute atomic E-state index is 12.3. The number of sulfonamides is 1. The molecule has 2 rings (SSSR count). The summed E-state index contributed by atoms with van der Waals surface area (Å²) in [5.41, 5.74) is 5.65. The molecule has 1 amide bonds. The number of nitrogens with one attached hydrogen (secondary N) is 1. The quantitative estimate of drug-likeness (QED) is 0.879. The summed E-state index contributed by atoms with van der Waals surface area (Å²) in [5, 5.41) is 3.60. The Morgan fingerprint density at radius 1 is 1.30 bits per heavy atom. The van der Waals surface area contributed by atoms with Gasteiger partial charge in [0.05, 0.1) is 11.3 Å². The minimum atomic E-state index is -3.90. The Hall–Kier alpha value is -2.35. The molecule has 1 aromatic carbocycles. The van der Waals surface area contributed by atoms with Crippen LogP contribution >= 0.6 is 0 Å². The second kappa shape index (κ2) is 4.97. The third kappa shape index (κ3) is 2.50. The Kier molecular flexibility index (Phi) is 3.49. The Balaban J connectivity index is 2.47. The van der Waals surface area contributed by atoms with Crippen LogP contribution in [0.5, 0.6) is 0 Å². The number of amides is 1. The highest BCUT2D eigenvalue weighted by atomic mass is 32.2. The van der Waals surface area contributed by atoms with E-state index in [1.807, 2.05) is 0 Å². The van der Waals surface area contributed by atoms with Crippen LogP contribution in [0.2, 0.25) is 0 Å². The first-order valence-corrected chi connectivity index (χ1v) is 7.16. The first-order chi connectivity index (χ1) is 9.33. The molecule has 2 aromatic rings. The van der Waals surface area contributed by atoms with Gasteiger partial charge in [-0.3, -0.25) is 9.52 Å². The SMILES string of the molecule is Cc1noc(C)c1S(=O)(=O)Nc1ccccc1C(N)=O. The molecule has 1 heterocycles. The predicted molar refractivity (Wildman–Crippen MR) is 71.7 cm³/mol. The van der Waals surface area contributed by atoms with Crippen molar-refractivity contribution in [3.05, 3.63) is 41.3 Å². The Morgan fingerprint density at radius 3 is 2.50 bits per heavy atom. The van der Waals surface area contributed by atoms with Gasteiger partial charge in [-0.1, -0.05) is 17.3 Å². The van der Waals surface area contributed by atoms with Gasteiger partial charge in [-0.2, -0.15) is 0 Å². The summed E-state index contributed by atoms with van der Waals surface area (Å²) in [5.74, 6) is -0.548. The number of benzene rings is 1. The van der Waals surface area contributed by atoms with E-state index in [-0.39, 0.29) is 27.6 Å². The summed E-state index contributed by atoms with van der Waals surface area (Å²) in [6.07, 6.45) is 0. The number of primary amides is 1. The van der Waals surface area contributed by atoms with Gasteiger partial charge in [0.15, 0.2) is 10.7 Å². The minimum absolute atomic E-state index is 0.0447. The van der Waals surface area contributed by atoms with E-state index in [2.05, 4.69) is 9.88 Å². The zero-order valence-corrected chi connectivity index (χ0v) is 11.7. The van der Waals surface area contributed by atoms with Crippen LogP contribution in [-0.2, 0) is 10.0 Å². The fraction of sp³-hybridized carbons (Fsp3) is 0.167. The molecule has 0 saturated heterocycles. The summed E-state index contributed by atoms with van der Waals surface area (Å²) >= 11 is 0. The number of anilines is 1. The van der Waals surface area contributed by atoms with Gasteiger partial charge in [0.2, 0.25) is 0 Å². The largest absolute Gasteiger partial charge is 0.366 e. The number of aryl methyl sites for hydroxylation is 2. The lowest BCUT2D eigenvalue weighted by atomic mass is 10.2. The van der Waals surface area contributed by atoms with Gasteiger partial charge < -0.3 is 10.3 Å². The maximum atomic E-state index is 12.3. The van der Waals surface area contributed by atoms with Crippen molar-refractivity contribution in [1.29, 1.82) is 0 Å². The fourth-order valence-corrected chi connectivity index (χ4v) is 3.25. The number of rotatable bonds is 4. The molecule has 0 aliphatic carbocycles. The average Bonchev–Trinajstić information content (AvgIpc) is 2.69. The molecule has 0 aliphatic heterocycles. The number of aromatic nitrogens is 1. The van der Waals surface area contributed by atoms with Crippen LogP contribution in [0.1, 0.15) is 21.8 Å². The number of hydrogen-bond acceptors (Lipinski definition) is 5. The number of hydrogen-bond donors (Lipinski definition) is 2. The van der Waals surface area contributed by atoms with Gasteiger partial charge in [0, 0.05) is 0 Å². The zero-order chi connectivity index (χ0) is 14.9. The smallest absolute Gasteiger partial charge is 0.267 e. The van der Waals surface area contributed by atoms with Gasteiger partial charge in [0.25, 0.3) is 15.9 Å². The molecule has 7 nitrogen and oxygen atoms in total. The normalized spacial score (nSPS) is 11.3. The Bertz CT molecular complexity index is 745. The Morgan fingerprint density at radius 2 is 1.95 bits per heavy atom. The number of carbonyl (C=O) groups is 1. The zero-order valence-electron chi connectivity index (χ0n) is 10.9. The van der Waals surface area contributed by atoms with Gasteiger partial charge in [-0.25, -0.2) is 8.42 Å². The highest BCUT2D eigenvalue weighted by molar-refractivity contribution is 7.92. The minimum Gasteiger partial charge on any atom is -0.366 e. The van der Waals surface area contributed by atoms with Crippen molar-refractivity contribution in [2.24, 2.45) is 5.73 Å². The molecular formula is C12H13N3O4S. The van der Waals surface area contributed by atoms with Crippen molar-refractivity contribution in [1.82, 2.24) is 5.16 Å². The highest BCUT2D eigenvalue weighted by Crippen LogP contribution is 2.24. The predicted octanol–water partition coefficient (Wildman–Crippen LogP) is 1.19. The second-order valence-corrected chi connectivity index (χ2v) is 5.79. The highest BCUT2D eigenvalue weighted by Gasteiger charge is 2.25. The van der Waals surface area contributed by atoms with Crippen LogP contribution in [0, 0.1) is 13.8 Å². The molecule has 0 aliphatic rings. The van der Waals surface area contributed by atoms with E-state index in [1.165, 1.54) is 26.0 Å². The van der Waals surface area contributed by atoms with Gasteiger partial charge in [0.1, 0.15) is 5.69 Å². The van der Waals surface area contributed by atoms with E-state index in [9.17, 15) is 13.2 Å². The van der Waals surface area contributed by atoms with Crippen molar-refractivity contribution in [3.8, 4) is 0 Å². The fourth-order valence-electron chi connectivity index (χ4n) is 1.84. The van der Waals surface area contributed by atoms with Crippen molar-refractivity contribution >= 4 is 21.6 Å². The van der Waals surface area contributed by atoms with Crippen LogP contribution in [0.15, 0.2) is 33.7 Å². The van der Waals surface area contributed by atoms with Gasteiger partial charge >= 0.3 is 0 Å². The molecule has 0 atom stereocenters. The van der Waals surface area contributed by atoms with E-state index >= 15 is 0 Å². The van der Waals surface area contributed by atoms with Crippen LogP contribution in [0.3, 0.4) is 0 Å². The van der Waals surface area contributed by atoms with E-state index in [0.29, 0.717) is 0 Å². The molecule has 0 spiro atoms. The average molecular weight is 295 g/mol. The lowest BCUT2D eigenvalue weighted by molar-refractivity contribution is 0.100. The molecule has 106 valence electrons. The molecule has 0 unspecified atom stereocenters. The third-order valence-corrected chi connectivity index (χ3v) is 4.28. The van der Waals surface area contributed by atoms with Crippen molar-refractivity contribution in [3.63, 3.8) is 0 Å². The summed E-state index contributed by atoms with van der Waals surface area (Å²) < 4.78 is 31.8. The molecule has 3 N–H and O–H groups in total. The van der Waals surface area contributed by atoms with Crippen molar-refractivity contribution in [2.75, 3.05) is 4.72 Å². The molecule has 1 aromatic heterocycles. The van der Waals surface area contributed by atoms with E-state index < -0.39 is 15.9 Å². The van der Waals surface area contributed by atoms with Gasteiger partial charge in [-0.15, -0.1) is 0 Å². The monoisotopic (exact) mass is 295 g/mol.